The molecule has 0 N–H and O–H groups in total. The van der Waals surface area contributed by atoms with Crippen LogP contribution < -0.4 is 31.8 Å². The van der Waals surface area contributed by atoms with Crippen molar-refractivity contribution in [3.8, 4) is 11.1 Å². The molecule has 0 unspecified atom stereocenters. The molecule has 2 aliphatic carbocycles. The van der Waals surface area contributed by atoms with Gasteiger partial charge in [0.15, 0.2) is 0 Å². The van der Waals surface area contributed by atoms with Crippen molar-refractivity contribution < 1.29 is 19.5 Å². The Labute approximate surface area is 296 Å². The van der Waals surface area contributed by atoms with Crippen LogP contribution in [-0.4, -0.2) is 0 Å². The number of aryl methyl sites for hydroxylation is 2. The Kier molecular flexibility index (Phi) is 10.3. The molecule has 0 atom stereocenters. The molecule has 6 aromatic carbocycles. The van der Waals surface area contributed by atoms with E-state index in [9.17, 15) is 0 Å². The molecule has 0 saturated carbocycles. The third-order valence-electron chi connectivity index (χ3n) is 9.81. The maximum atomic E-state index is 2.55. The van der Waals surface area contributed by atoms with Crippen molar-refractivity contribution >= 4 is 47.7 Å². The van der Waals surface area contributed by atoms with Crippen LogP contribution in [0.2, 0.25) is 0 Å². The van der Waals surface area contributed by atoms with Crippen molar-refractivity contribution in [1.82, 2.24) is 0 Å². The van der Waals surface area contributed by atoms with E-state index in [0.717, 1.165) is 0 Å². The van der Waals surface area contributed by atoms with Gasteiger partial charge >= 0.3 is 0 Å². The molecule has 47 heavy (non-hydrogen) atoms. The number of fused-ring (bicyclic) bond motifs is 2. The summed E-state index contributed by atoms with van der Waals surface area (Å²) in [6, 6.07) is 55.5. The first-order chi connectivity index (χ1) is 22.9. The van der Waals surface area contributed by atoms with Crippen LogP contribution in [0.5, 0.6) is 0 Å². The van der Waals surface area contributed by atoms with E-state index in [0.29, 0.717) is 0 Å². The van der Waals surface area contributed by atoms with E-state index >= 15 is 0 Å². The maximum Gasteiger partial charge on any atom is 0 e. The molecule has 3 heteroatoms. The van der Waals surface area contributed by atoms with Gasteiger partial charge in [-0.2, -0.15) is 0 Å². The van der Waals surface area contributed by atoms with Gasteiger partial charge in [-0.15, -0.1) is 0 Å². The van der Waals surface area contributed by atoms with Gasteiger partial charge in [-0.1, -0.05) is 146 Å². The SMILES string of the molecule is [Ru].c1ccc(P(c2ccccc2)c2ccc3c(c2-c2c(P(c4ccccc4)c4ccccc4)ccc4c2CCCC4)CCCC3)cc1. The molecule has 0 amide bonds. The summed E-state index contributed by atoms with van der Waals surface area (Å²) in [5.41, 5.74) is 9.54. The van der Waals surface area contributed by atoms with Crippen LogP contribution in [0.1, 0.15) is 47.9 Å². The zero-order valence-corrected chi connectivity index (χ0v) is 30.3. The topological polar surface area (TPSA) is 0 Å². The van der Waals surface area contributed by atoms with Crippen LogP contribution in [0.25, 0.3) is 11.1 Å². The van der Waals surface area contributed by atoms with Crippen molar-refractivity contribution in [2.45, 2.75) is 51.4 Å². The van der Waals surface area contributed by atoms with Crippen molar-refractivity contribution in [1.29, 1.82) is 0 Å². The molecule has 0 aromatic heterocycles. The predicted octanol–water partition coefficient (Wildman–Crippen LogP) is 8.63. The zero-order valence-electron chi connectivity index (χ0n) is 26.8. The van der Waals surface area contributed by atoms with E-state index in [4.69, 9.17) is 0 Å². The van der Waals surface area contributed by atoms with Gasteiger partial charge in [-0.3, -0.25) is 0 Å². The van der Waals surface area contributed by atoms with Crippen molar-refractivity contribution in [2.75, 3.05) is 0 Å². The van der Waals surface area contributed by atoms with Gasteiger partial charge in [-0.05, 0) is 132 Å². The Balaban J connectivity index is 0.00000351. The largest absolute Gasteiger partial charge is 0.0622 e. The van der Waals surface area contributed by atoms with Crippen molar-refractivity contribution in [3.63, 3.8) is 0 Å². The van der Waals surface area contributed by atoms with E-state index in [2.05, 4.69) is 146 Å². The Morgan fingerprint density at radius 2 is 0.617 bits per heavy atom. The molecular formula is C44H40P2Ru. The van der Waals surface area contributed by atoms with E-state index < -0.39 is 15.8 Å². The van der Waals surface area contributed by atoms with Crippen LogP contribution in [0.15, 0.2) is 146 Å². The Hall–Kier alpha value is -3.20. The van der Waals surface area contributed by atoms with Gasteiger partial charge in [0.05, 0.1) is 0 Å². The summed E-state index contributed by atoms with van der Waals surface area (Å²) in [6.07, 6.45) is 9.84. The minimum atomic E-state index is -0.752. The Morgan fingerprint density at radius 1 is 0.319 bits per heavy atom. The molecule has 0 heterocycles. The second kappa shape index (κ2) is 14.9. The number of rotatable bonds is 7. The van der Waals surface area contributed by atoms with Gasteiger partial charge in [0.1, 0.15) is 0 Å². The van der Waals surface area contributed by atoms with Gasteiger partial charge in [0.2, 0.25) is 0 Å². The Bertz CT molecular complexity index is 1720. The standard InChI is InChI=1S/C44H40P2.Ru/c1-5-19-35(20-6-1)45(36-21-7-2-8-22-36)41-31-29-33-17-13-15-27-39(33)43(41)44-40-28-16-14-18-34(40)30-32-42(44)46(37-23-9-3-10-24-37)38-25-11-4-12-26-38;/h1-12,19-26,29-32H,13-18,27-28H2;. The summed E-state index contributed by atoms with van der Waals surface area (Å²) < 4.78 is 0. The van der Waals surface area contributed by atoms with E-state index in [1.807, 2.05) is 0 Å². The summed E-state index contributed by atoms with van der Waals surface area (Å²) in [7, 11) is -1.50. The summed E-state index contributed by atoms with van der Waals surface area (Å²) in [6.45, 7) is 0. The fraction of sp³-hybridized carbons (Fsp3) is 0.182. The monoisotopic (exact) mass is 732 g/mol. The third kappa shape index (κ3) is 6.49. The summed E-state index contributed by atoms with van der Waals surface area (Å²) in [5.74, 6) is 0. The first-order valence-electron chi connectivity index (χ1n) is 17.0. The molecule has 0 spiro atoms. The third-order valence-corrected chi connectivity index (χ3v) is 14.8. The zero-order chi connectivity index (χ0) is 30.7. The molecule has 0 fully saturated rings. The number of hydrogen-bond acceptors (Lipinski definition) is 0. The minimum absolute atomic E-state index is 0. The molecule has 0 radical (unpaired) electrons. The van der Waals surface area contributed by atoms with E-state index in [1.165, 1.54) is 83.2 Å². The van der Waals surface area contributed by atoms with Crippen LogP contribution in [0, 0.1) is 0 Å². The van der Waals surface area contributed by atoms with Gasteiger partial charge in [-0.25, -0.2) is 0 Å². The van der Waals surface area contributed by atoms with Gasteiger partial charge in [0, 0.05) is 19.5 Å². The number of benzene rings is 6. The molecule has 0 aliphatic heterocycles. The summed E-state index contributed by atoms with van der Waals surface area (Å²) in [5, 5.41) is 8.79. The van der Waals surface area contributed by atoms with Crippen LogP contribution in [0.3, 0.4) is 0 Å². The van der Waals surface area contributed by atoms with Crippen molar-refractivity contribution in [3.05, 3.63) is 168 Å². The van der Waals surface area contributed by atoms with E-state index in [1.54, 1.807) is 33.4 Å². The average Bonchev–Trinajstić information content (AvgIpc) is 3.14. The molecule has 0 bridgehead atoms. The molecule has 0 saturated heterocycles. The smallest absolute Gasteiger partial charge is 0 e. The first-order valence-corrected chi connectivity index (χ1v) is 19.7. The molecule has 8 rings (SSSR count). The molecule has 234 valence electrons. The normalized spacial score (nSPS) is 13.9. The van der Waals surface area contributed by atoms with Crippen molar-refractivity contribution in [2.24, 2.45) is 0 Å². The second-order valence-electron chi connectivity index (χ2n) is 12.6. The minimum Gasteiger partial charge on any atom is -0.0622 e. The second-order valence-corrected chi connectivity index (χ2v) is 17.0. The van der Waals surface area contributed by atoms with Crippen LogP contribution in [-0.2, 0) is 45.2 Å². The van der Waals surface area contributed by atoms with Gasteiger partial charge in [0.25, 0.3) is 0 Å². The molecule has 6 aromatic rings. The first kappa shape index (κ1) is 32.4. The molecule has 2 aliphatic rings. The number of hydrogen-bond donors (Lipinski definition) is 0. The summed E-state index contributed by atoms with van der Waals surface area (Å²) in [4.78, 5) is 0. The predicted molar refractivity (Wildman–Crippen MR) is 203 cm³/mol. The Morgan fingerprint density at radius 3 is 0.936 bits per heavy atom. The van der Waals surface area contributed by atoms with E-state index in [-0.39, 0.29) is 19.5 Å². The molecular weight excluding hydrogens is 692 g/mol. The summed E-state index contributed by atoms with van der Waals surface area (Å²) >= 11 is 0. The average molecular weight is 732 g/mol. The fourth-order valence-corrected chi connectivity index (χ4v) is 12.7. The van der Waals surface area contributed by atoms with Gasteiger partial charge < -0.3 is 0 Å². The maximum absolute atomic E-state index is 2.55. The van der Waals surface area contributed by atoms with Crippen LogP contribution in [0.4, 0.5) is 0 Å². The van der Waals surface area contributed by atoms with Crippen LogP contribution >= 0.6 is 15.8 Å². The molecule has 0 nitrogen and oxygen atoms in total. The quantitative estimate of drug-likeness (QED) is 0.114. The fourth-order valence-electron chi connectivity index (χ4n) is 7.72.